The largest absolute Gasteiger partial charge is 0.339 e. The molecular formula is C21H19NO. The first-order chi connectivity index (χ1) is 11.2. The van der Waals surface area contributed by atoms with Crippen LogP contribution < -0.4 is 5.32 Å². The van der Waals surface area contributed by atoms with Gasteiger partial charge in [-0.25, -0.2) is 0 Å². The summed E-state index contributed by atoms with van der Waals surface area (Å²) in [6, 6.07) is 30.2. The SMILES string of the molecule is CC(=O)NC(c1ccccc1)(c1ccccc1)c1ccccc1. The molecule has 1 N–H and O–H groups in total. The van der Waals surface area contributed by atoms with Gasteiger partial charge < -0.3 is 5.32 Å². The van der Waals surface area contributed by atoms with Crippen LogP contribution in [0.2, 0.25) is 0 Å². The Labute approximate surface area is 136 Å². The van der Waals surface area contributed by atoms with Gasteiger partial charge in [-0.2, -0.15) is 0 Å². The van der Waals surface area contributed by atoms with Crippen LogP contribution in [0.1, 0.15) is 23.6 Å². The van der Waals surface area contributed by atoms with E-state index in [1.165, 1.54) is 0 Å². The fourth-order valence-electron chi connectivity index (χ4n) is 3.05. The van der Waals surface area contributed by atoms with Crippen LogP contribution in [0.25, 0.3) is 0 Å². The van der Waals surface area contributed by atoms with Crippen LogP contribution in [-0.2, 0) is 10.3 Å². The summed E-state index contributed by atoms with van der Waals surface area (Å²) in [6.45, 7) is 1.56. The lowest BCUT2D eigenvalue weighted by Gasteiger charge is -2.36. The molecule has 0 bridgehead atoms. The Morgan fingerprint density at radius 3 is 1.22 bits per heavy atom. The molecule has 0 saturated carbocycles. The fraction of sp³-hybridized carbons (Fsp3) is 0.0952. The van der Waals surface area contributed by atoms with E-state index in [0.29, 0.717) is 0 Å². The van der Waals surface area contributed by atoms with Crippen molar-refractivity contribution in [1.29, 1.82) is 0 Å². The third-order valence-corrected chi connectivity index (χ3v) is 3.98. The van der Waals surface area contributed by atoms with Crippen LogP contribution in [-0.4, -0.2) is 5.91 Å². The summed E-state index contributed by atoms with van der Waals surface area (Å²) < 4.78 is 0. The van der Waals surface area contributed by atoms with Crippen molar-refractivity contribution in [2.75, 3.05) is 0 Å². The van der Waals surface area contributed by atoms with E-state index in [9.17, 15) is 4.79 Å². The highest BCUT2D eigenvalue weighted by molar-refractivity contribution is 5.76. The summed E-state index contributed by atoms with van der Waals surface area (Å²) in [6.07, 6.45) is 0. The smallest absolute Gasteiger partial charge is 0.218 e. The molecule has 2 heteroatoms. The molecule has 0 unspecified atom stereocenters. The minimum Gasteiger partial charge on any atom is -0.339 e. The molecule has 0 aliphatic heterocycles. The number of nitrogens with one attached hydrogen (secondary N) is 1. The Kier molecular flexibility index (Phi) is 4.24. The lowest BCUT2D eigenvalue weighted by atomic mass is 9.77. The van der Waals surface area contributed by atoms with Crippen LogP contribution in [0.5, 0.6) is 0 Å². The highest BCUT2D eigenvalue weighted by Crippen LogP contribution is 2.36. The van der Waals surface area contributed by atoms with Crippen LogP contribution in [0.4, 0.5) is 0 Å². The molecular weight excluding hydrogens is 282 g/mol. The first-order valence-electron chi connectivity index (χ1n) is 7.69. The topological polar surface area (TPSA) is 29.1 Å². The summed E-state index contributed by atoms with van der Waals surface area (Å²) >= 11 is 0. The molecule has 0 aliphatic carbocycles. The van der Waals surface area contributed by atoms with Crippen molar-refractivity contribution in [2.45, 2.75) is 12.5 Å². The van der Waals surface area contributed by atoms with E-state index in [1.807, 2.05) is 54.6 Å². The highest BCUT2D eigenvalue weighted by atomic mass is 16.1. The van der Waals surface area contributed by atoms with Crippen LogP contribution in [0.15, 0.2) is 91.0 Å². The Balaban J connectivity index is 2.32. The highest BCUT2D eigenvalue weighted by Gasteiger charge is 2.36. The van der Waals surface area contributed by atoms with Gasteiger partial charge in [0.15, 0.2) is 0 Å². The van der Waals surface area contributed by atoms with Crippen LogP contribution in [0, 0.1) is 0 Å². The van der Waals surface area contributed by atoms with Gasteiger partial charge in [0.25, 0.3) is 0 Å². The van der Waals surface area contributed by atoms with Gasteiger partial charge in [0.2, 0.25) is 5.91 Å². The van der Waals surface area contributed by atoms with E-state index in [4.69, 9.17) is 0 Å². The van der Waals surface area contributed by atoms with Gasteiger partial charge in [0, 0.05) is 6.92 Å². The van der Waals surface area contributed by atoms with E-state index in [1.54, 1.807) is 6.92 Å². The van der Waals surface area contributed by atoms with E-state index in [0.717, 1.165) is 16.7 Å². The molecule has 0 radical (unpaired) electrons. The number of carbonyl (C=O) groups excluding carboxylic acids is 1. The molecule has 3 aromatic carbocycles. The first kappa shape index (κ1) is 15.0. The van der Waals surface area contributed by atoms with Crippen molar-refractivity contribution in [3.63, 3.8) is 0 Å². The molecule has 0 saturated heterocycles. The molecule has 3 rings (SSSR count). The van der Waals surface area contributed by atoms with Crippen molar-refractivity contribution >= 4 is 5.91 Å². The molecule has 2 nitrogen and oxygen atoms in total. The Morgan fingerprint density at radius 1 is 0.652 bits per heavy atom. The minimum atomic E-state index is -0.699. The maximum Gasteiger partial charge on any atom is 0.218 e. The Hall–Kier alpha value is -2.87. The number of carbonyl (C=O) groups is 1. The second-order valence-corrected chi connectivity index (χ2v) is 5.53. The van der Waals surface area contributed by atoms with Crippen molar-refractivity contribution in [2.24, 2.45) is 0 Å². The van der Waals surface area contributed by atoms with Gasteiger partial charge in [-0.3, -0.25) is 4.79 Å². The molecule has 0 aromatic heterocycles. The molecule has 0 fully saturated rings. The number of rotatable bonds is 4. The summed E-state index contributed by atoms with van der Waals surface area (Å²) in [4.78, 5) is 12.1. The lowest BCUT2D eigenvalue weighted by molar-refractivity contribution is -0.120. The quantitative estimate of drug-likeness (QED) is 0.722. The van der Waals surface area contributed by atoms with Crippen molar-refractivity contribution in [1.82, 2.24) is 5.32 Å². The summed E-state index contributed by atoms with van der Waals surface area (Å²) in [5, 5.41) is 3.20. The zero-order valence-electron chi connectivity index (χ0n) is 13.1. The fourth-order valence-corrected chi connectivity index (χ4v) is 3.05. The van der Waals surface area contributed by atoms with Gasteiger partial charge in [0.05, 0.1) is 0 Å². The van der Waals surface area contributed by atoms with Gasteiger partial charge in [-0.15, -0.1) is 0 Å². The average molecular weight is 301 g/mol. The molecule has 0 atom stereocenters. The lowest BCUT2D eigenvalue weighted by Crippen LogP contribution is -2.46. The Bertz CT molecular complexity index is 670. The van der Waals surface area contributed by atoms with E-state index in [-0.39, 0.29) is 5.91 Å². The molecule has 3 aromatic rings. The van der Waals surface area contributed by atoms with Crippen LogP contribution in [0.3, 0.4) is 0 Å². The third-order valence-electron chi connectivity index (χ3n) is 3.98. The minimum absolute atomic E-state index is 0.0680. The molecule has 23 heavy (non-hydrogen) atoms. The standard InChI is InChI=1S/C21H19NO/c1-17(23)22-21(18-11-5-2-6-12-18,19-13-7-3-8-14-19)20-15-9-4-10-16-20/h2-16H,1H3,(H,22,23). The van der Waals surface area contributed by atoms with Gasteiger partial charge >= 0.3 is 0 Å². The summed E-state index contributed by atoms with van der Waals surface area (Å²) in [7, 11) is 0. The Morgan fingerprint density at radius 2 is 0.957 bits per heavy atom. The summed E-state index contributed by atoms with van der Waals surface area (Å²) in [5.74, 6) is -0.0680. The number of hydrogen-bond donors (Lipinski definition) is 1. The van der Waals surface area contributed by atoms with Crippen molar-refractivity contribution in [3.05, 3.63) is 108 Å². The van der Waals surface area contributed by atoms with Crippen molar-refractivity contribution in [3.8, 4) is 0 Å². The molecule has 0 aliphatic rings. The molecule has 1 amide bonds. The van der Waals surface area contributed by atoms with Gasteiger partial charge in [0.1, 0.15) is 5.54 Å². The number of benzene rings is 3. The number of amides is 1. The first-order valence-corrected chi connectivity index (χ1v) is 7.69. The van der Waals surface area contributed by atoms with E-state index >= 15 is 0 Å². The molecule has 114 valence electrons. The van der Waals surface area contributed by atoms with E-state index < -0.39 is 5.54 Å². The molecule has 0 spiro atoms. The zero-order chi connectivity index (χ0) is 16.1. The monoisotopic (exact) mass is 301 g/mol. The predicted molar refractivity (Wildman–Crippen MR) is 93.0 cm³/mol. The van der Waals surface area contributed by atoms with Gasteiger partial charge in [-0.1, -0.05) is 91.0 Å². The zero-order valence-corrected chi connectivity index (χ0v) is 13.1. The maximum atomic E-state index is 12.1. The van der Waals surface area contributed by atoms with Crippen molar-refractivity contribution < 1.29 is 4.79 Å². The second kappa shape index (κ2) is 6.49. The average Bonchev–Trinajstić information content (AvgIpc) is 2.62. The predicted octanol–water partition coefficient (Wildman–Crippen LogP) is 4.11. The van der Waals surface area contributed by atoms with Crippen LogP contribution >= 0.6 is 0 Å². The number of hydrogen-bond acceptors (Lipinski definition) is 1. The second-order valence-electron chi connectivity index (χ2n) is 5.53. The van der Waals surface area contributed by atoms with Gasteiger partial charge in [-0.05, 0) is 16.7 Å². The summed E-state index contributed by atoms with van der Waals surface area (Å²) in [5.41, 5.74) is 2.41. The maximum absolute atomic E-state index is 12.1. The normalized spacial score (nSPS) is 11.0. The third kappa shape index (κ3) is 2.88. The van der Waals surface area contributed by atoms with E-state index in [2.05, 4.69) is 41.7 Å². The molecule has 0 heterocycles.